The van der Waals surface area contributed by atoms with Gasteiger partial charge < -0.3 is 4.74 Å². The second-order valence-corrected chi connectivity index (χ2v) is 6.05. The van der Waals surface area contributed by atoms with E-state index in [1.165, 1.54) is 31.2 Å². The molecule has 0 radical (unpaired) electrons. The fraction of sp³-hybridized carbons (Fsp3) is 0.385. The highest BCUT2D eigenvalue weighted by Crippen LogP contribution is 2.13. The van der Waals surface area contributed by atoms with E-state index in [9.17, 15) is 18.0 Å². The van der Waals surface area contributed by atoms with Crippen LogP contribution in [0.25, 0.3) is 0 Å². The summed E-state index contributed by atoms with van der Waals surface area (Å²) < 4.78 is 28.5. The Labute approximate surface area is 112 Å². The van der Waals surface area contributed by atoms with Crippen LogP contribution in [-0.2, 0) is 19.4 Å². The smallest absolute Gasteiger partial charge is 0.321 e. The summed E-state index contributed by atoms with van der Waals surface area (Å²) in [5.74, 6) is -1.60. The first kappa shape index (κ1) is 15.4. The van der Waals surface area contributed by atoms with Crippen LogP contribution < -0.4 is 0 Å². The number of ether oxygens (including phenoxy) is 1. The summed E-state index contributed by atoms with van der Waals surface area (Å²) in [5.41, 5.74) is 0.424. The number of carbonyl (C=O) groups excluding carboxylic acids is 2. The Balaban J connectivity index is 2.82. The van der Waals surface area contributed by atoms with E-state index in [4.69, 9.17) is 4.74 Å². The highest BCUT2D eigenvalue weighted by atomic mass is 32.2. The lowest BCUT2D eigenvalue weighted by atomic mass is 10.2. The number of sulfone groups is 1. The second-order valence-electron chi connectivity index (χ2n) is 4.06. The van der Waals surface area contributed by atoms with Crippen molar-refractivity contribution in [3.63, 3.8) is 0 Å². The quantitative estimate of drug-likeness (QED) is 0.586. The van der Waals surface area contributed by atoms with Gasteiger partial charge in [-0.05, 0) is 25.5 Å². The van der Waals surface area contributed by atoms with Crippen LogP contribution in [0.1, 0.15) is 30.6 Å². The molecule has 0 aromatic heterocycles. The topological polar surface area (TPSA) is 77.5 Å². The molecule has 0 saturated heterocycles. The van der Waals surface area contributed by atoms with Crippen molar-refractivity contribution in [3.05, 3.63) is 29.8 Å². The van der Waals surface area contributed by atoms with Crippen molar-refractivity contribution in [2.45, 2.75) is 25.2 Å². The molecule has 0 saturated carbocycles. The van der Waals surface area contributed by atoms with Crippen molar-refractivity contribution in [1.82, 2.24) is 0 Å². The largest absolute Gasteiger partial charge is 0.465 e. The van der Waals surface area contributed by atoms with Gasteiger partial charge in [0.25, 0.3) is 0 Å². The molecule has 0 fully saturated rings. The molecule has 0 aliphatic heterocycles. The Morgan fingerprint density at radius 1 is 1.16 bits per heavy atom. The molecule has 0 bridgehead atoms. The monoisotopic (exact) mass is 284 g/mol. The molecule has 0 unspecified atom stereocenters. The number of carbonyl (C=O) groups is 2. The van der Waals surface area contributed by atoms with Crippen molar-refractivity contribution in [2.24, 2.45) is 0 Å². The molecule has 0 N–H and O–H groups in total. The third-order valence-corrected chi connectivity index (χ3v) is 4.00. The van der Waals surface area contributed by atoms with Gasteiger partial charge >= 0.3 is 5.97 Å². The van der Waals surface area contributed by atoms with Gasteiger partial charge in [0.2, 0.25) is 0 Å². The summed E-state index contributed by atoms with van der Waals surface area (Å²) in [6.45, 7) is 3.42. The molecule has 1 aromatic rings. The molecule has 0 aliphatic carbocycles. The van der Waals surface area contributed by atoms with Crippen LogP contribution in [0.2, 0.25) is 0 Å². The minimum absolute atomic E-state index is 0.00551. The second kappa shape index (κ2) is 6.47. The summed E-state index contributed by atoms with van der Waals surface area (Å²) in [6, 6.07) is 5.48. The molecular weight excluding hydrogens is 268 g/mol. The third-order valence-electron chi connectivity index (χ3n) is 2.40. The van der Waals surface area contributed by atoms with E-state index < -0.39 is 21.6 Å². The van der Waals surface area contributed by atoms with Crippen molar-refractivity contribution < 1.29 is 22.7 Å². The van der Waals surface area contributed by atoms with E-state index in [2.05, 4.69) is 0 Å². The number of hydrogen-bond donors (Lipinski definition) is 0. The summed E-state index contributed by atoms with van der Waals surface area (Å²) in [6.07, 6.45) is 0.638. The predicted molar refractivity (Wildman–Crippen MR) is 69.7 cm³/mol. The van der Waals surface area contributed by atoms with Gasteiger partial charge in [0.15, 0.2) is 21.4 Å². The summed E-state index contributed by atoms with van der Waals surface area (Å²) in [4.78, 5) is 22.4. The Hall–Kier alpha value is -1.69. The first-order chi connectivity index (χ1) is 8.86. The van der Waals surface area contributed by atoms with Gasteiger partial charge in [0, 0.05) is 5.56 Å². The van der Waals surface area contributed by atoms with Crippen LogP contribution in [0.3, 0.4) is 0 Å². The van der Waals surface area contributed by atoms with Crippen LogP contribution in [0.15, 0.2) is 29.2 Å². The van der Waals surface area contributed by atoms with E-state index in [0.717, 1.165) is 0 Å². The van der Waals surface area contributed by atoms with Gasteiger partial charge in [-0.3, -0.25) is 9.59 Å². The first-order valence-corrected chi connectivity index (χ1v) is 7.51. The van der Waals surface area contributed by atoms with Crippen molar-refractivity contribution in [2.75, 3.05) is 12.4 Å². The van der Waals surface area contributed by atoms with Crippen LogP contribution in [0.5, 0.6) is 0 Å². The van der Waals surface area contributed by atoms with E-state index in [1.54, 1.807) is 0 Å². The molecule has 5 nitrogen and oxygen atoms in total. The first-order valence-electron chi connectivity index (χ1n) is 5.86. The van der Waals surface area contributed by atoms with Crippen molar-refractivity contribution in [1.29, 1.82) is 0 Å². The minimum atomic E-state index is -3.72. The Morgan fingerprint density at radius 3 is 2.21 bits per heavy atom. The SMILES string of the molecule is CCCOC(=O)CS(=O)(=O)c1ccc(C(C)=O)cc1. The molecule has 19 heavy (non-hydrogen) atoms. The highest BCUT2D eigenvalue weighted by molar-refractivity contribution is 7.92. The average Bonchev–Trinajstić information content (AvgIpc) is 2.36. The molecule has 0 amide bonds. The summed E-state index contributed by atoms with van der Waals surface area (Å²) in [7, 11) is -3.72. The van der Waals surface area contributed by atoms with Crippen LogP contribution in [0.4, 0.5) is 0 Å². The lowest BCUT2D eigenvalue weighted by Crippen LogP contribution is -2.19. The molecule has 6 heteroatoms. The normalized spacial score (nSPS) is 11.1. The van der Waals surface area contributed by atoms with Crippen molar-refractivity contribution in [3.8, 4) is 0 Å². The number of rotatable bonds is 6. The lowest BCUT2D eigenvalue weighted by Gasteiger charge is -2.05. The lowest BCUT2D eigenvalue weighted by molar-refractivity contribution is -0.140. The standard InChI is InChI=1S/C13H16O5S/c1-3-8-18-13(15)9-19(16,17)12-6-4-11(5-7-12)10(2)14/h4-7H,3,8-9H2,1-2H3. The summed E-state index contributed by atoms with van der Waals surface area (Å²) in [5, 5.41) is 0. The van der Waals surface area contributed by atoms with Crippen LogP contribution in [-0.4, -0.2) is 32.5 Å². The van der Waals surface area contributed by atoms with Gasteiger partial charge in [-0.1, -0.05) is 19.1 Å². The molecule has 0 atom stereocenters. The Bertz CT molecular complexity index is 557. The molecule has 1 rings (SSSR count). The zero-order valence-corrected chi connectivity index (χ0v) is 11.7. The highest BCUT2D eigenvalue weighted by Gasteiger charge is 2.20. The van der Waals surface area contributed by atoms with Crippen molar-refractivity contribution >= 4 is 21.6 Å². The van der Waals surface area contributed by atoms with Gasteiger partial charge in [-0.25, -0.2) is 8.42 Å². The Morgan fingerprint density at radius 2 is 1.74 bits per heavy atom. The molecule has 1 aromatic carbocycles. The van der Waals surface area contributed by atoms with Gasteiger partial charge in [-0.2, -0.15) is 0 Å². The van der Waals surface area contributed by atoms with Crippen LogP contribution >= 0.6 is 0 Å². The maximum atomic E-state index is 11.9. The number of Topliss-reactive ketones (excluding diaryl/α,β-unsaturated/α-hetero) is 1. The molecular formula is C13H16O5S. The number of benzene rings is 1. The summed E-state index contributed by atoms with van der Waals surface area (Å²) >= 11 is 0. The third kappa shape index (κ3) is 4.48. The zero-order chi connectivity index (χ0) is 14.5. The van der Waals surface area contributed by atoms with E-state index in [0.29, 0.717) is 12.0 Å². The van der Waals surface area contributed by atoms with Gasteiger partial charge in [0.05, 0.1) is 11.5 Å². The fourth-order valence-electron chi connectivity index (χ4n) is 1.39. The molecule has 0 heterocycles. The number of ketones is 1. The van der Waals surface area contributed by atoms with E-state index in [1.807, 2.05) is 6.92 Å². The van der Waals surface area contributed by atoms with Gasteiger partial charge in [-0.15, -0.1) is 0 Å². The van der Waals surface area contributed by atoms with Gasteiger partial charge in [0.1, 0.15) is 0 Å². The minimum Gasteiger partial charge on any atom is -0.465 e. The maximum absolute atomic E-state index is 11.9. The fourth-order valence-corrected chi connectivity index (χ4v) is 2.50. The van der Waals surface area contributed by atoms with E-state index >= 15 is 0 Å². The maximum Gasteiger partial charge on any atom is 0.321 e. The van der Waals surface area contributed by atoms with Crippen LogP contribution in [0, 0.1) is 0 Å². The number of esters is 1. The molecule has 0 aliphatic rings. The molecule has 104 valence electrons. The number of hydrogen-bond acceptors (Lipinski definition) is 5. The average molecular weight is 284 g/mol. The predicted octanol–water partition coefficient (Wildman–Crippen LogP) is 1.62. The Kier molecular flexibility index (Phi) is 5.23. The zero-order valence-electron chi connectivity index (χ0n) is 10.9. The van der Waals surface area contributed by atoms with E-state index in [-0.39, 0.29) is 17.3 Å². The molecule has 0 spiro atoms.